The number of nitrogens with one attached hydrogen (secondary N) is 3. The molecule has 0 spiro atoms. The molecule has 2 heterocycles. The number of hydrogen-bond donors (Lipinski definition) is 5. The zero-order chi connectivity index (χ0) is 15.8. The van der Waals surface area contributed by atoms with Gasteiger partial charge in [-0.1, -0.05) is 0 Å². The van der Waals surface area contributed by atoms with E-state index in [1.807, 2.05) is 20.8 Å². The number of hydrogen-bond acceptors (Lipinski definition) is 6. The first-order valence-electron chi connectivity index (χ1n) is 7.19. The highest BCUT2D eigenvalue weighted by Gasteiger charge is 2.30. The van der Waals surface area contributed by atoms with E-state index in [4.69, 9.17) is 0 Å². The maximum Gasteiger partial charge on any atom is 0.257 e. The lowest BCUT2D eigenvalue weighted by Crippen LogP contribution is -2.41. The lowest BCUT2D eigenvalue weighted by atomic mass is 9.89. The summed E-state index contributed by atoms with van der Waals surface area (Å²) < 4.78 is 0. The molecular weight excluding hydrogens is 272 g/mol. The molecule has 0 radical (unpaired) electrons. The van der Waals surface area contributed by atoms with Gasteiger partial charge in [0.2, 0.25) is 5.95 Å². The lowest BCUT2D eigenvalue weighted by molar-refractivity contribution is -0.00446. The maximum atomic E-state index is 12.2. The van der Waals surface area contributed by atoms with Crippen LogP contribution in [0.2, 0.25) is 0 Å². The van der Waals surface area contributed by atoms with E-state index in [2.05, 4.69) is 20.6 Å². The van der Waals surface area contributed by atoms with Crippen LogP contribution in [-0.4, -0.2) is 44.5 Å². The second-order valence-corrected chi connectivity index (χ2v) is 6.69. The minimum atomic E-state index is -0.863. The number of H-pyrrole nitrogens is 1. The molecule has 5 N–H and O–H groups in total. The van der Waals surface area contributed by atoms with Gasteiger partial charge >= 0.3 is 0 Å². The molecule has 21 heavy (non-hydrogen) atoms. The SMILES string of the molecule is C[C@H](O)[C@H](O)[C@H]1CNc2nc(NC(C)(C)C)[nH]c(=O)c2C1. The molecule has 0 aromatic carbocycles. The third kappa shape index (κ3) is 3.74. The summed E-state index contributed by atoms with van der Waals surface area (Å²) in [6.45, 7) is 7.96. The predicted molar refractivity (Wildman–Crippen MR) is 81.6 cm³/mol. The third-order valence-corrected chi connectivity index (χ3v) is 3.48. The minimum Gasteiger partial charge on any atom is -0.391 e. The van der Waals surface area contributed by atoms with Crippen LogP contribution < -0.4 is 16.2 Å². The molecule has 118 valence electrons. The van der Waals surface area contributed by atoms with Crippen molar-refractivity contribution in [3.8, 4) is 0 Å². The van der Waals surface area contributed by atoms with Crippen LogP contribution in [0.4, 0.5) is 11.8 Å². The number of rotatable bonds is 3. The summed E-state index contributed by atoms with van der Waals surface area (Å²) in [5, 5.41) is 25.6. The standard InChI is InChI=1S/C14H24N4O3/c1-7(19)10(20)8-5-9-11(15-6-8)16-13(17-12(9)21)18-14(2,3)4/h7-8,10,19-20H,5-6H2,1-4H3,(H3,15,16,17,18,21)/t7-,8+,10-/m0/s1. The molecule has 1 aromatic heterocycles. The molecule has 0 saturated carbocycles. The monoisotopic (exact) mass is 296 g/mol. The van der Waals surface area contributed by atoms with Gasteiger partial charge in [-0.3, -0.25) is 9.78 Å². The number of nitrogens with zero attached hydrogens (tertiary/aromatic N) is 1. The summed E-state index contributed by atoms with van der Waals surface area (Å²) in [5.41, 5.74) is 0.0938. The Morgan fingerprint density at radius 3 is 2.62 bits per heavy atom. The fourth-order valence-electron chi connectivity index (χ4n) is 2.45. The fraction of sp³-hybridized carbons (Fsp3) is 0.714. The Bertz CT molecular complexity index is 562. The Balaban J connectivity index is 2.25. The molecule has 7 nitrogen and oxygen atoms in total. The highest BCUT2D eigenvalue weighted by molar-refractivity contribution is 5.49. The van der Waals surface area contributed by atoms with Gasteiger partial charge in [-0.15, -0.1) is 0 Å². The molecule has 1 aromatic rings. The van der Waals surface area contributed by atoms with Crippen LogP contribution in [0.3, 0.4) is 0 Å². The Morgan fingerprint density at radius 1 is 1.38 bits per heavy atom. The predicted octanol–water partition coefficient (Wildman–Crippen LogP) is 0.306. The van der Waals surface area contributed by atoms with E-state index in [1.165, 1.54) is 0 Å². The van der Waals surface area contributed by atoms with Crippen molar-refractivity contribution >= 4 is 11.8 Å². The van der Waals surface area contributed by atoms with Gasteiger partial charge in [-0.05, 0) is 34.1 Å². The molecule has 7 heteroatoms. The quantitative estimate of drug-likeness (QED) is 0.549. The molecule has 2 rings (SSSR count). The Morgan fingerprint density at radius 2 is 2.05 bits per heavy atom. The summed E-state index contributed by atoms with van der Waals surface area (Å²) >= 11 is 0. The van der Waals surface area contributed by atoms with E-state index >= 15 is 0 Å². The van der Waals surface area contributed by atoms with E-state index in [0.717, 1.165) is 0 Å². The normalized spacial score (nSPS) is 21.1. The van der Waals surface area contributed by atoms with Gasteiger partial charge in [0.1, 0.15) is 5.82 Å². The lowest BCUT2D eigenvalue weighted by Gasteiger charge is -2.30. The average Bonchev–Trinajstić information content (AvgIpc) is 2.35. The van der Waals surface area contributed by atoms with Crippen LogP contribution in [0.5, 0.6) is 0 Å². The van der Waals surface area contributed by atoms with E-state index in [9.17, 15) is 15.0 Å². The highest BCUT2D eigenvalue weighted by atomic mass is 16.3. The first-order chi connectivity index (χ1) is 9.67. The molecule has 0 fully saturated rings. The average molecular weight is 296 g/mol. The number of anilines is 2. The molecule has 0 aliphatic carbocycles. The Labute approximate surface area is 123 Å². The topological polar surface area (TPSA) is 110 Å². The van der Waals surface area contributed by atoms with Gasteiger partial charge in [0.25, 0.3) is 5.56 Å². The van der Waals surface area contributed by atoms with E-state index in [0.29, 0.717) is 30.3 Å². The van der Waals surface area contributed by atoms with Gasteiger partial charge in [-0.25, -0.2) is 0 Å². The molecule has 0 amide bonds. The molecule has 1 aliphatic rings. The van der Waals surface area contributed by atoms with Gasteiger partial charge < -0.3 is 20.8 Å². The number of aliphatic hydroxyl groups excluding tert-OH is 2. The first kappa shape index (κ1) is 15.8. The largest absolute Gasteiger partial charge is 0.391 e. The van der Waals surface area contributed by atoms with Crippen molar-refractivity contribution in [3.63, 3.8) is 0 Å². The zero-order valence-electron chi connectivity index (χ0n) is 12.9. The van der Waals surface area contributed by atoms with Crippen LogP contribution in [0.1, 0.15) is 33.3 Å². The molecule has 0 unspecified atom stereocenters. The number of aromatic amines is 1. The van der Waals surface area contributed by atoms with Crippen molar-refractivity contribution in [1.82, 2.24) is 9.97 Å². The van der Waals surface area contributed by atoms with Gasteiger partial charge in [0, 0.05) is 18.0 Å². The molecule has 0 bridgehead atoms. The van der Waals surface area contributed by atoms with E-state index < -0.39 is 12.2 Å². The van der Waals surface area contributed by atoms with E-state index in [1.54, 1.807) is 6.92 Å². The van der Waals surface area contributed by atoms with Crippen LogP contribution >= 0.6 is 0 Å². The molecule has 0 saturated heterocycles. The fourth-order valence-corrected chi connectivity index (χ4v) is 2.45. The molecular formula is C14H24N4O3. The van der Waals surface area contributed by atoms with Crippen molar-refractivity contribution in [2.45, 2.75) is 51.9 Å². The smallest absolute Gasteiger partial charge is 0.257 e. The van der Waals surface area contributed by atoms with Gasteiger partial charge in [-0.2, -0.15) is 4.98 Å². The summed E-state index contributed by atoms with van der Waals surface area (Å²) in [7, 11) is 0. The summed E-state index contributed by atoms with van der Waals surface area (Å²) in [5.74, 6) is 0.759. The van der Waals surface area contributed by atoms with Crippen molar-refractivity contribution in [2.24, 2.45) is 5.92 Å². The maximum absolute atomic E-state index is 12.2. The van der Waals surface area contributed by atoms with Gasteiger partial charge in [0.15, 0.2) is 0 Å². The van der Waals surface area contributed by atoms with Crippen LogP contribution in [-0.2, 0) is 6.42 Å². The van der Waals surface area contributed by atoms with Crippen LogP contribution in [0.15, 0.2) is 4.79 Å². The van der Waals surface area contributed by atoms with E-state index in [-0.39, 0.29) is 17.0 Å². The molecule has 3 atom stereocenters. The number of aromatic nitrogens is 2. The number of aliphatic hydroxyl groups is 2. The summed E-state index contributed by atoms with van der Waals surface area (Å²) in [6, 6.07) is 0. The Hall–Kier alpha value is -1.60. The van der Waals surface area contributed by atoms with Gasteiger partial charge in [0.05, 0.1) is 17.8 Å². The second kappa shape index (κ2) is 5.65. The summed E-state index contributed by atoms with van der Waals surface area (Å²) in [6.07, 6.45) is -1.29. The van der Waals surface area contributed by atoms with Crippen molar-refractivity contribution < 1.29 is 10.2 Å². The highest BCUT2D eigenvalue weighted by Crippen LogP contribution is 2.24. The van der Waals surface area contributed by atoms with Crippen molar-refractivity contribution in [2.75, 3.05) is 17.2 Å². The van der Waals surface area contributed by atoms with Crippen LogP contribution in [0.25, 0.3) is 0 Å². The summed E-state index contributed by atoms with van der Waals surface area (Å²) in [4.78, 5) is 19.3. The van der Waals surface area contributed by atoms with Crippen LogP contribution in [0, 0.1) is 5.92 Å². The second-order valence-electron chi connectivity index (χ2n) is 6.69. The number of fused-ring (bicyclic) bond motifs is 1. The minimum absolute atomic E-state index is 0.204. The Kier molecular flexibility index (Phi) is 4.25. The first-order valence-corrected chi connectivity index (χ1v) is 7.19. The molecule has 1 aliphatic heterocycles. The third-order valence-electron chi connectivity index (χ3n) is 3.48. The van der Waals surface area contributed by atoms with Crippen molar-refractivity contribution in [1.29, 1.82) is 0 Å². The van der Waals surface area contributed by atoms with Crippen molar-refractivity contribution in [3.05, 3.63) is 15.9 Å². The zero-order valence-corrected chi connectivity index (χ0v) is 12.9.